The lowest BCUT2D eigenvalue weighted by Gasteiger charge is -2.34. The number of hydrogen-bond donors (Lipinski definition) is 1. The molecule has 0 aliphatic rings. The van der Waals surface area contributed by atoms with E-state index in [-0.39, 0.29) is 29.5 Å². The van der Waals surface area contributed by atoms with Crippen molar-refractivity contribution in [3.05, 3.63) is 130 Å². The van der Waals surface area contributed by atoms with Gasteiger partial charge in [-0.3, -0.25) is 13.9 Å². The summed E-state index contributed by atoms with van der Waals surface area (Å²) in [5.74, 6) is -0.837. The molecule has 0 aromatic heterocycles. The Morgan fingerprint density at radius 2 is 1.49 bits per heavy atom. The number of amides is 2. The van der Waals surface area contributed by atoms with Crippen molar-refractivity contribution in [3.63, 3.8) is 0 Å². The first-order valence-corrected chi connectivity index (χ1v) is 15.9. The number of halogens is 1. The predicted molar refractivity (Wildman–Crippen MR) is 172 cm³/mol. The summed E-state index contributed by atoms with van der Waals surface area (Å²) in [5.41, 5.74) is 3.63. The van der Waals surface area contributed by atoms with E-state index < -0.39 is 28.5 Å². The molecule has 0 aliphatic heterocycles. The first kappa shape index (κ1) is 31.8. The van der Waals surface area contributed by atoms with Crippen LogP contribution in [0.1, 0.15) is 29.2 Å². The van der Waals surface area contributed by atoms with Gasteiger partial charge in [-0.05, 0) is 61.7 Å². The van der Waals surface area contributed by atoms with Crippen molar-refractivity contribution in [3.8, 4) is 0 Å². The second-order valence-corrected chi connectivity index (χ2v) is 12.7. The van der Waals surface area contributed by atoms with E-state index in [1.807, 2.05) is 68.4 Å². The molecular formula is C34H36ClN3O4S. The number of carbonyl (C=O) groups is 2. The van der Waals surface area contributed by atoms with Gasteiger partial charge >= 0.3 is 0 Å². The first-order chi connectivity index (χ1) is 20.6. The lowest BCUT2D eigenvalue weighted by molar-refractivity contribution is -0.140. The van der Waals surface area contributed by atoms with E-state index in [4.69, 9.17) is 11.6 Å². The second kappa shape index (κ2) is 14.4. The maximum absolute atomic E-state index is 14.4. The number of sulfonamides is 1. The monoisotopic (exact) mass is 617 g/mol. The first-order valence-electron chi connectivity index (χ1n) is 14.1. The van der Waals surface area contributed by atoms with Crippen molar-refractivity contribution in [1.29, 1.82) is 0 Å². The number of aryl methyl sites for hydroxylation is 2. The molecule has 4 aromatic rings. The molecular weight excluding hydrogens is 582 g/mol. The number of hydrogen-bond acceptors (Lipinski definition) is 4. The van der Waals surface area contributed by atoms with E-state index in [0.717, 1.165) is 21.0 Å². The van der Waals surface area contributed by atoms with Crippen LogP contribution in [0.3, 0.4) is 0 Å². The van der Waals surface area contributed by atoms with E-state index in [1.54, 1.807) is 43.3 Å². The molecule has 9 heteroatoms. The predicted octanol–water partition coefficient (Wildman–Crippen LogP) is 5.93. The fourth-order valence-corrected chi connectivity index (χ4v) is 6.60. The summed E-state index contributed by atoms with van der Waals surface area (Å²) in [6.07, 6.45) is 0.256. The number of likely N-dealkylation sites (N-methyl/N-ethyl adjacent to an activating group) is 1. The highest BCUT2D eigenvalue weighted by Crippen LogP contribution is 2.30. The minimum absolute atomic E-state index is 0.0389. The van der Waals surface area contributed by atoms with Crippen LogP contribution >= 0.6 is 11.6 Å². The molecule has 0 heterocycles. The van der Waals surface area contributed by atoms with Crippen LogP contribution in [0.5, 0.6) is 0 Å². The smallest absolute Gasteiger partial charge is 0.264 e. The van der Waals surface area contributed by atoms with Crippen molar-refractivity contribution in [2.45, 2.75) is 44.7 Å². The molecule has 4 aromatic carbocycles. The molecule has 0 radical (unpaired) electrons. The number of nitrogens with one attached hydrogen (secondary N) is 1. The zero-order valence-electron chi connectivity index (χ0n) is 24.5. The molecule has 0 saturated heterocycles. The highest BCUT2D eigenvalue weighted by Gasteiger charge is 2.35. The summed E-state index contributed by atoms with van der Waals surface area (Å²) in [7, 11) is -4.19. The standard InChI is InChI=1S/C34H36ClN3O4S/c1-4-36-34(40)32(21-27-13-7-5-8-14-27)37(23-28-15-11-12-25(2)20-28)33(39)24-38(31-22-29(35)19-18-26(31)3)43(41,42)30-16-9-6-10-17-30/h5-20,22,32H,4,21,23-24H2,1-3H3,(H,36,40). The third kappa shape index (κ3) is 8.03. The molecule has 0 spiro atoms. The number of rotatable bonds is 12. The molecule has 2 amide bonds. The third-order valence-electron chi connectivity index (χ3n) is 7.11. The van der Waals surface area contributed by atoms with Crippen LogP contribution < -0.4 is 9.62 Å². The SMILES string of the molecule is CCNC(=O)C(Cc1ccccc1)N(Cc1cccc(C)c1)C(=O)CN(c1cc(Cl)ccc1C)S(=O)(=O)c1ccccc1. The molecule has 7 nitrogen and oxygen atoms in total. The zero-order valence-corrected chi connectivity index (χ0v) is 26.1. The summed E-state index contributed by atoms with van der Waals surface area (Å²) in [6.45, 7) is 5.50. The van der Waals surface area contributed by atoms with Crippen LogP contribution in [0, 0.1) is 13.8 Å². The van der Waals surface area contributed by atoms with Crippen molar-refractivity contribution < 1.29 is 18.0 Å². The summed E-state index contributed by atoms with van der Waals surface area (Å²) < 4.78 is 29.3. The number of carbonyl (C=O) groups excluding carboxylic acids is 2. The van der Waals surface area contributed by atoms with Gasteiger partial charge in [-0.2, -0.15) is 0 Å². The van der Waals surface area contributed by atoms with Crippen LogP contribution in [0.2, 0.25) is 5.02 Å². The average molecular weight is 618 g/mol. The Morgan fingerprint density at radius 1 is 0.837 bits per heavy atom. The lowest BCUT2D eigenvalue weighted by atomic mass is 10.0. The van der Waals surface area contributed by atoms with Crippen molar-refractivity contribution in [2.75, 3.05) is 17.4 Å². The molecule has 0 aliphatic carbocycles. The van der Waals surface area contributed by atoms with Crippen LogP contribution in [-0.2, 0) is 32.6 Å². The van der Waals surface area contributed by atoms with Crippen LogP contribution in [0.25, 0.3) is 0 Å². The molecule has 0 saturated carbocycles. The summed E-state index contributed by atoms with van der Waals surface area (Å²) >= 11 is 6.33. The Labute approximate surface area is 259 Å². The largest absolute Gasteiger partial charge is 0.355 e. The van der Waals surface area contributed by atoms with Crippen molar-refractivity contribution in [2.24, 2.45) is 0 Å². The van der Waals surface area contributed by atoms with Crippen LogP contribution in [0.15, 0.2) is 108 Å². The minimum atomic E-state index is -4.19. The van der Waals surface area contributed by atoms with Gasteiger partial charge in [0.25, 0.3) is 10.0 Å². The Hall–Kier alpha value is -4.14. The Balaban J connectivity index is 1.82. The van der Waals surface area contributed by atoms with Gasteiger partial charge < -0.3 is 10.2 Å². The molecule has 0 bridgehead atoms. The van der Waals surface area contributed by atoms with E-state index >= 15 is 0 Å². The highest BCUT2D eigenvalue weighted by molar-refractivity contribution is 7.92. The van der Waals surface area contributed by atoms with Gasteiger partial charge in [-0.25, -0.2) is 8.42 Å². The lowest BCUT2D eigenvalue weighted by Crippen LogP contribution is -2.53. The zero-order chi connectivity index (χ0) is 31.0. The Morgan fingerprint density at radius 3 is 2.14 bits per heavy atom. The summed E-state index contributed by atoms with van der Waals surface area (Å²) in [5, 5.41) is 3.21. The maximum atomic E-state index is 14.4. The van der Waals surface area contributed by atoms with Crippen LogP contribution in [-0.4, -0.2) is 44.3 Å². The van der Waals surface area contributed by atoms with Gasteiger partial charge in [0.15, 0.2) is 0 Å². The van der Waals surface area contributed by atoms with E-state index in [9.17, 15) is 18.0 Å². The topological polar surface area (TPSA) is 86.8 Å². The van der Waals surface area contributed by atoms with Crippen molar-refractivity contribution in [1.82, 2.24) is 10.2 Å². The second-order valence-electron chi connectivity index (χ2n) is 10.4. The van der Waals surface area contributed by atoms with E-state index in [2.05, 4.69) is 5.32 Å². The normalized spacial score (nSPS) is 11.9. The van der Waals surface area contributed by atoms with E-state index in [1.165, 1.54) is 17.0 Å². The molecule has 1 unspecified atom stereocenters. The van der Waals surface area contributed by atoms with Gasteiger partial charge in [-0.15, -0.1) is 0 Å². The fourth-order valence-electron chi connectivity index (χ4n) is 4.94. The van der Waals surface area contributed by atoms with E-state index in [0.29, 0.717) is 17.1 Å². The molecule has 1 atom stereocenters. The van der Waals surface area contributed by atoms with Gasteiger partial charge in [0, 0.05) is 24.5 Å². The van der Waals surface area contributed by atoms with Gasteiger partial charge in [0.1, 0.15) is 12.6 Å². The summed E-state index contributed by atoms with van der Waals surface area (Å²) in [4.78, 5) is 29.5. The Bertz CT molecular complexity index is 1660. The van der Waals surface area contributed by atoms with Gasteiger partial charge in [0.05, 0.1) is 10.6 Å². The third-order valence-corrected chi connectivity index (χ3v) is 9.12. The Kier molecular flexibility index (Phi) is 10.6. The number of nitrogens with zero attached hydrogens (tertiary/aromatic N) is 2. The van der Waals surface area contributed by atoms with Gasteiger partial charge in [0.2, 0.25) is 11.8 Å². The highest BCUT2D eigenvalue weighted by atomic mass is 35.5. The molecule has 43 heavy (non-hydrogen) atoms. The quantitative estimate of drug-likeness (QED) is 0.214. The van der Waals surface area contributed by atoms with Crippen LogP contribution in [0.4, 0.5) is 5.69 Å². The number of anilines is 1. The molecule has 0 fully saturated rings. The van der Waals surface area contributed by atoms with Crippen molar-refractivity contribution >= 4 is 39.1 Å². The molecule has 4 rings (SSSR count). The minimum Gasteiger partial charge on any atom is -0.355 e. The molecule has 1 N–H and O–H groups in total. The van der Waals surface area contributed by atoms with Gasteiger partial charge in [-0.1, -0.05) is 96.0 Å². The summed E-state index contributed by atoms with van der Waals surface area (Å²) in [6, 6.07) is 29.2. The number of benzene rings is 4. The fraction of sp³-hybridized carbons (Fsp3) is 0.235. The molecule has 224 valence electrons. The average Bonchev–Trinajstić information content (AvgIpc) is 3.00. The maximum Gasteiger partial charge on any atom is 0.264 e.